The van der Waals surface area contributed by atoms with Gasteiger partial charge < -0.3 is 25.0 Å². The third kappa shape index (κ3) is 6.23. The number of anilines is 2. The number of benzene rings is 2. The van der Waals surface area contributed by atoms with Crippen LogP contribution in [-0.4, -0.2) is 49.4 Å². The first-order valence-electron chi connectivity index (χ1n) is 10.7. The molecule has 0 aliphatic carbocycles. The van der Waals surface area contributed by atoms with Crippen LogP contribution in [-0.2, 0) is 4.79 Å². The predicted molar refractivity (Wildman–Crippen MR) is 123 cm³/mol. The zero-order valence-electron chi connectivity index (χ0n) is 18.5. The van der Waals surface area contributed by atoms with E-state index in [4.69, 9.17) is 9.47 Å². The van der Waals surface area contributed by atoms with E-state index < -0.39 is 0 Å². The van der Waals surface area contributed by atoms with E-state index >= 15 is 0 Å². The van der Waals surface area contributed by atoms with Crippen LogP contribution in [0.5, 0.6) is 11.5 Å². The summed E-state index contributed by atoms with van der Waals surface area (Å²) in [6, 6.07) is 12.0. The highest BCUT2D eigenvalue weighted by atomic mass is 16.5. The maximum Gasteiger partial charge on any atom is 0.321 e. The Bertz CT molecular complexity index is 970. The van der Waals surface area contributed by atoms with Gasteiger partial charge in [0.2, 0.25) is 5.91 Å². The molecule has 2 N–H and O–H groups in total. The summed E-state index contributed by atoms with van der Waals surface area (Å²) in [4.78, 5) is 38.0. The Balaban J connectivity index is 1.48. The molecule has 0 unspecified atom stereocenters. The quantitative estimate of drug-likeness (QED) is 0.448. The lowest BCUT2D eigenvalue weighted by Crippen LogP contribution is -2.32. The lowest BCUT2D eigenvalue weighted by molar-refractivity contribution is -0.116. The van der Waals surface area contributed by atoms with Crippen molar-refractivity contribution in [1.82, 2.24) is 4.90 Å². The van der Waals surface area contributed by atoms with Crippen LogP contribution in [0.15, 0.2) is 42.5 Å². The van der Waals surface area contributed by atoms with Gasteiger partial charge in [0.15, 0.2) is 17.3 Å². The van der Waals surface area contributed by atoms with Crippen molar-refractivity contribution in [3.63, 3.8) is 0 Å². The summed E-state index contributed by atoms with van der Waals surface area (Å²) in [7, 11) is 1.51. The van der Waals surface area contributed by atoms with Gasteiger partial charge in [0.1, 0.15) is 0 Å². The Morgan fingerprint density at radius 2 is 1.66 bits per heavy atom. The van der Waals surface area contributed by atoms with E-state index in [-0.39, 0.29) is 24.1 Å². The SMILES string of the molecule is COc1cc(C(C)=O)ccc1OCCCC(=O)Nc1ccccc1NC(=O)N1CCCC1. The number of ketones is 1. The topological polar surface area (TPSA) is 97.0 Å². The molecule has 8 nitrogen and oxygen atoms in total. The Kier molecular flexibility index (Phi) is 8.08. The van der Waals surface area contributed by atoms with Gasteiger partial charge in [-0.1, -0.05) is 12.1 Å². The number of urea groups is 1. The smallest absolute Gasteiger partial charge is 0.321 e. The largest absolute Gasteiger partial charge is 0.493 e. The standard InChI is InChI=1S/C24H29N3O5/c1-17(28)18-11-12-21(22(16-18)31-2)32-15-7-10-23(29)25-19-8-3-4-9-20(19)26-24(30)27-13-5-6-14-27/h3-4,8-9,11-12,16H,5-7,10,13-15H2,1-2H3,(H,25,29)(H,26,30). The molecule has 32 heavy (non-hydrogen) atoms. The van der Waals surface area contributed by atoms with Gasteiger partial charge >= 0.3 is 6.03 Å². The molecule has 0 bridgehead atoms. The van der Waals surface area contributed by atoms with Gasteiger partial charge in [-0.15, -0.1) is 0 Å². The van der Waals surface area contributed by atoms with E-state index in [9.17, 15) is 14.4 Å². The Morgan fingerprint density at radius 1 is 0.969 bits per heavy atom. The van der Waals surface area contributed by atoms with Crippen molar-refractivity contribution in [3.05, 3.63) is 48.0 Å². The number of carbonyl (C=O) groups excluding carboxylic acids is 3. The second-order valence-electron chi connectivity index (χ2n) is 7.59. The van der Waals surface area contributed by atoms with E-state index in [1.807, 2.05) is 6.07 Å². The van der Waals surface area contributed by atoms with Crippen LogP contribution in [0.2, 0.25) is 0 Å². The Hall–Kier alpha value is -3.55. The summed E-state index contributed by atoms with van der Waals surface area (Å²) >= 11 is 0. The lowest BCUT2D eigenvalue weighted by atomic mass is 10.1. The molecule has 3 rings (SSSR count). The summed E-state index contributed by atoms with van der Waals surface area (Å²) in [5, 5.41) is 5.74. The number of para-hydroxylation sites is 2. The molecule has 170 valence electrons. The van der Waals surface area contributed by atoms with Crippen LogP contribution in [0.3, 0.4) is 0 Å². The van der Waals surface area contributed by atoms with Crippen LogP contribution in [0.25, 0.3) is 0 Å². The molecular formula is C24H29N3O5. The van der Waals surface area contributed by atoms with Gasteiger partial charge in [0, 0.05) is 25.1 Å². The summed E-state index contributed by atoms with van der Waals surface area (Å²) in [5.74, 6) is 0.775. The first-order valence-corrected chi connectivity index (χ1v) is 10.7. The molecule has 1 aliphatic rings. The normalized spacial score (nSPS) is 12.9. The van der Waals surface area contributed by atoms with Crippen LogP contribution < -0.4 is 20.1 Å². The average Bonchev–Trinajstić information content (AvgIpc) is 3.33. The molecule has 0 atom stereocenters. The predicted octanol–water partition coefficient (Wildman–Crippen LogP) is 4.32. The van der Waals surface area contributed by atoms with Crippen molar-refractivity contribution in [2.45, 2.75) is 32.6 Å². The number of likely N-dealkylation sites (tertiary alicyclic amines) is 1. The number of carbonyl (C=O) groups is 3. The highest BCUT2D eigenvalue weighted by Gasteiger charge is 2.19. The zero-order valence-corrected chi connectivity index (χ0v) is 18.5. The number of rotatable bonds is 9. The molecule has 1 fully saturated rings. The molecule has 2 aromatic rings. The lowest BCUT2D eigenvalue weighted by Gasteiger charge is -2.18. The van der Waals surface area contributed by atoms with E-state index in [1.165, 1.54) is 14.0 Å². The van der Waals surface area contributed by atoms with Gasteiger partial charge in [0.05, 0.1) is 25.1 Å². The Labute approximate surface area is 187 Å². The summed E-state index contributed by atoms with van der Waals surface area (Å²) < 4.78 is 11.0. The molecule has 0 spiro atoms. The molecule has 0 saturated carbocycles. The molecule has 3 amide bonds. The van der Waals surface area contributed by atoms with Crippen LogP contribution in [0, 0.1) is 0 Å². The number of ether oxygens (including phenoxy) is 2. The monoisotopic (exact) mass is 439 g/mol. The first kappa shape index (κ1) is 23.1. The van der Waals surface area contributed by atoms with Gasteiger partial charge in [-0.05, 0) is 56.5 Å². The minimum atomic E-state index is -0.171. The second kappa shape index (κ2) is 11.2. The number of Topliss-reactive ketones (excluding diaryl/α,β-unsaturated/α-hetero) is 1. The van der Waals surface area contributed by atoms with E-state index in [2.05, 4.69) is 10.6 Å². The van der Waals surface area contributed by atoms with Gasteiger partial charge in [-0.2, -0.15) is 0 Å². The van der Waals surface area contributed by atoms with Crippen molar-refractivity contribution in [2.75, 3.05) is 37.4 Å². The molecule has 8 heteroatoms. The van der Waals surface area contributed by atoms with E-state index in [1.54, 1.807) is 41.3 Å². The van der Waals surface area contributed by atoms with Gasteiger partial charge in [0.25, 0.3) is 0 Å². The fourth-order valence-corrected chi connectivity index (χ4v) is 3.45. The highest BCUT2D eigenvalue weighted by Crippen LogP contribution is 2.28. The molecule has 0 aromatic heterocycles. The summed E-state index contributed by atoms with van der Waals surface area (Å²) in [6.45, 7) is 3.31. The number of nitrogens with one attached hydrogen (secondary N) is 2. The zero-order chi connectivity index (χ0) is 22.9. The molecular weight excluding hydrogens is 410 g/mol. The minimum absolute atomic E-state index is 0.0524. The Morgan fingerprint density at radius 3 is 2.31 bits per heavy atom. The van der Waals surface area contributed by atoms with Crippen molar-refractivity contribution >= 4 is 29.1 Å². The van der Waals surface area contributed by atoms with Crippen molar-refractivity contribution in [1.29, 1.82) is 0 Å². The van der Waals surface area contributed by atoms with Crippen LogP contribution in [0.4, 0.5) is 16.2 Å². The fourth-order valence-electron chi connectivity index (χ4n) is 3.45. The van der Waals surface area contributed by atoms with E-state index in [0.717, 1.165) is 25.9 Å². The van der Waals surface area contributed by atoms with Crippen molar-refractivity contribution in [2.24, 2.45) is 0 Å². The number of methoxy groups -OCH3 is 1. The average molecular weight is 440 g/mol. The van der Waals surface area contributed by atoms with Crippen LogP contribution >= 0.6 is 0 Å². The maximum absolute atomic E-state index is 12.4. The molecule has 0 radical (unpaired) electrons. The number of nitrogens with zero attached hydrogens (tertiary/aromatic N) is 1. The van der Waals surface area contributed by atoms with Crippen LogP contribution in [0.1, 0.15) is 43.0 Å². The summed E-state index contributed by atoms with van der Waals surface area (Å²) in [6.07, 6.45) is 2.77. The van der Waals surface area contributed by atoms with E-state index in [0.29, 0.717) is 41.5 Å². The molecule has 1 aliphatic heterocycles. The fraction of sp³-hybridized carbons (Fsp3) is 0.375. The number of hydrogen-bond acceptors (Lipinski definition) is 5. The number of hydrogen-bond donors (Lipinski definition) is 2. The maximum atomic E-state index is 12.4. The van der Waals surface area contributed by atoms with Crippen molar-refractivity contribution < 1.29 is 23.9 Å². The molecule has 2 aromatic carbocycles. The third-order valence-corrected chi connectivity index (χ3v) is 5.21. The molecule has 1 saturated heterocycles. The summed E-state index contributed by atoms with van der Waals surface area (Å²) in [5.41, 5.74) is 1.68. The van der Waals surface area contributed by atoms with Crippen molar-refractivity contribution in [3.8, 4) is 11.5 Å². The first-order chi connectivity index (χ1) is 15.5. The highest BCUT2D eigenvalue weighted by molar-refractivity contribution is 5.99. The molecule has 1 heterocycles. The second-order valence-corrected chi connectivity index (χ2v) is 7.59. The minimum Gasteiger partial charge on any atom is -0.493 e. The third-order valence-electron chi connectivity index (χ3n) is 5.21. The number of amides is 3. The van der Waals surface area contributed by atoms with Gasteiger partial charge in [-0.25, -0.2) is 4.79 Å². The van der Waals surface area contributed by atoms with Gasteiger partial charge in [-0.3, -0.25) is 9.59 Å².